The molecule has 0 radical (unpaired) electrons. The second kappa shape index (κ2) is 6.74. The Balaban J connectivity index is 1.48. The minimum atomic E-state index is -0.0201. The highest BCUT2D eigenvalue weighted by atomic mass is 32.2. The van der Waals surface area contributed by atoms with Crippen molar-refractivity contribution in [2.45, 2.75) is 25.2 Å². The maximum absolute atomic E-state index is 11.9. The lowest BCUT2D eigenvalue weighted by Crippen LogP contribution is -2.24. The van der Waals surface area contributed by atoms with Gasteiger partial charge in [-0.1, -0.05) is 17.8 Å². The van der Waals surface area contributed by atoms with Crippen molar-refractivity contribution in [3.05, 3.63) is 36.2 Å². The number of carbonyl (C=O) groups is 1. The number of amides is 1. The second-order valence-electron chi connectivity index (χ2n) is 4.75. The number of carbonyl (C=O) groups excluding carboxylic acids is 1. The van der Waals surface area contributed by atoms with Gasteiger partial charge in [-0.05, 0) is 24.6 Å². The fourth-order valence-corrected chi connectivity index (χ4v) is 2.96. The van der Waals surface area contributed by atoms with Crippen molar-refractivity contribution in [3.8, 4) is 11.5 Å². The number of benzene rings is 1. The first kappa shape index (κ1) is 14.8. The van der Waals surface area contributed by atoms with E-state index in [1.165, 1.54) is 11.8 Å². The van der Waals surface area contributed by atoms with Crippen molar-refractivity contribution >= 4 is 17.7 Å². The Kier molecular flexibility index (Phi) is 4.53. The van der Waals surface area contributed by atoms with E-state index < -0.39 is 0 Å². The average molecular weight is 319 g/mol. The summed E-state index contributed by atoms with van der Waals surface area (Å²) in [7, 11) is 0. The number of imidazole rings is 1. The minimum Gasteiger partial charge on any atom is -0.454 e. The van der Waals surface area contributed by atoms with Gasteiger partial charge in [-0.3, -0.25) is 4.79 Å². The Morgan fingerprint density at radius 1 is 1.41 bits per heavy atom. The molecular formula is C15H17N3O3S. The Morgan fingerprint density at radius 3 is 3.14 bits per heavy atom. The summed E-state index contributed by atoms with van der Waals surface area (Å²) in [5, 5.41) is 3.76. The van der Waals surface area contributed by atoms with Crippen LogP contribution in [0, 0.1) is 0 Å². The summed E-state index contributed by atoms with van der Waals surface area (Å²) in [5.74, 6) is 1.80. The van der Waals surface area contributed by atoms with Gasteiger partial charge in [0.1, 0.15) is 0 Å². The van der Waals surface area contributed by atoms with Crippen LogP contribution in [0.25, 0.3) is 0 Å². The summed E-state index contributed by atoms with van der Waals surface area (Å²) in [6.45, 7) is 3.62. The van der Waals surface area contributed by atoms with Crippen LogP contribution in [0.5, 0.6) is 11.5 Å². The quantitative estimate of drug-likeness (QED) is 0.826. The van der Waals surface area contributed by atoms with Crippen molar-refractivity contribution < 1.29 is 14.3 Å². The van der Waals surface area contributed by atoms with Crippen LogP contribution in [0.2, 0.25) is 0 Å². The highest BCUT2D eigenvalue weighted by molar-refractivity contribution is 7.99. The number of thioether (sulfide) groups is 1. The zero-order chi connectivity index (χ0) is 15.4. The molecule has 2 heterocycles. The average Bonchev–Trinajstić information content (AvgIpc) is 3.18. The van der Waals surface area contributed by atoms with E-state index in [9.17, 15) is 4.79 Å². The van der Waals surface area contributed by atoms with Gasteiger partial charge in [0, 0.05) is 25.5 Å². The molecule has 1 N–H and O–H groups in total. The van der Waals surface area contributed by atoms with Gasteiger partial charge in [0.25, 0.3) is 0 Å². The van der Waals surface area contributed by atoms with Crippen molar-refractivity contribution in [1.82, 2.24) is 14.9 Å². The fraction of sp³-hybridized carbons (Fsp3) is 0.333. The highest BCUT2D eigenvalue weighted by Gasteiger charge is 2.13. The molecule has 1 aliphatic heterocycles. The standard InChI is InChI=1S/C15H17N3O3S/c1-2-18-6-5-16-15(18)22-9-14(19)17-8-11-3-4-12-13(7-11)21-10-20-12/h3-7H,2,8-10H2,1H3,(H,17,19). The van der Waals surface area contributed by atoms with E-state index in [1.54, 1.807) is 6.20 Å². The first-order valence-corrected chi connectivity index (χ1v) is 8.04. The molecule has 7 heteroatoms. The third kappa shape index (κ3) is 3.36. The molecule has 0 saturated carbocycles. The maximum atomic E-state index is 11.9. The Labute approximate surface area is 132 Å². The zero-order valence-electron chi connectivity index (χ0n) is 12.2. The number of nitrogens with zero attached hydrogens (tertiary/aromatic N) is 2. The number of aryl methyl sites for hydroxylation is 1. The third-order valence-corrected chi connectivity index (χ3v) is 4.28. The van der Waals surface area contributed by atoms with Gasteiger partial charge in [0.2, 0.25) is 12.7 Å². The number of fused-ring (bicyclic) bond motifs is 1. The van der Waals surface area contributed by atoms with Gasteiger partial charge in [-0.15, -0.1) is 0 Å². The lowest BCUT2D eigenvalue weighted by molar-refractivity contribution is -0.118. The molecule has 22 heavy (non-hydrogen) atoms. The summed E-state index contributed by atoms with van der Waals surface area (Å²) in [6, 6.07) is 5.67. The monoisotopic (exact) mass is 319 g/mol. The van der Waals surface area contributed by atoms with E-state index in [1.807, 2.05) is 35.9 Å². The second-order valence-corrected chi connectivity index (χ2v) is 5.69. The van der Waals surface area contributed by atoms with E-state index in [4.69, 9.17) is 9.47 Å². The van der Waals surface area contributed by atoms with E-state index in [0.29, 0.717) is 12.3 Å². The van der Waals surface area contributed by atoms with Crippen LogP contribution in [0.15, 0.2) is 35.7 Å². The van der Waals surface area contributed by atoms with Crippen LogP contribution in [0.1, 0.15) is 12.5 Å². The van der Waals surface area contributed by atoms with Crippen LogP contribution >= 0.6 is 11.8 Å². The molecular weight excluding hydrogens is 302 g/mol. The smallest absolute Gasteiger partial charge is 0.231 e. The van der Waals surface area contributed by atoms with Crippen LogP contribution in [0.3, 0.4) is 0 Å². The number of ether oxygens (including phenoxy) is 2. The molecule has 1 aliphatic rings. The number of aromatic nitrogens is 2. The zero-order valence-corrected chi connectivity index (χ0v) is 13.1. The first-order valence-electron chi connectivity index (χ1n) is 7.05. The molecule has 0 atom stereocenters. The minimum absolute atomic E-state index is 0.0201. The Hall–Kier alpha value is -2.15. The van der Waals surface area contributed by atoms with Gasteiger partial charge in [-0.2, -0.15) is 0 Å². The number of hydrogen-bond acceptors (Lipinski definition) is 5. The van der Waals surface area contributed by atoms with Gasteiger partial charge >= 0.3 is 0 Å². The molecule has 0 fully saturated rings. The van der Waals surface area contributed by atoms with Crippen LogP contribution in [-0.4, -0.2) is 28.0 Å². The molecule has 1 aromatic heterocycles. The van der Waals surface area contributed by atoms with Crippen molar-refractivity contribution in [2.75, 3.05) is 12.5 Å². The third-order valence-electron chi connectivity index (χ3n) is 3.28. The van der Waals surface area contributed by atoms with Crippen molar-refractivity contribution in [2.24, 2.45) is 0 Å². The molecule has 0 aliphatic carbocycles. The molecule has 0 unspecified atom stereocenters. The van der Waals surface area contributed by atoms with Gasteiger partial charge in [0.15, 0.2) is 16.7 Å². The molecule has 3 rings (SSSR count). The lowest BCUT2D eigenvalue weighted by atomic mass is 10.2. The normalized spacial score (nSPS) is 12.4. The molecule has 116 valence electrons. The van der Waals surface area contributed by atoms with Crippen molar-refractivity contribution in [1.29, 1.82) is 0 Å². The molecule has 6 nitrogen and oxygen atoms in total. The maximum Gasteiger partial charge on any atom is 0.231 e. The van der Waals surface area contributed by atoms with Gasteiger partial charge in [-0.25, -0.2) is 4.98 Å². The molecule has 0 bridgehead atoms. The van der Waals surface area contributed by atoms with Crippen LogP contribution in [-0.2, 0) is 17.9 Å². The number of nitrogens with one attached hydrogen (secondary N) is 1. The van der Waals surface area contributed by atoms with Crippen molar-refractivity contribution in [3.63, 3.8) is 0 Å². The van der Waals surface area contributed by atoms with Gasteiger partial charge in [0.05, 0.1) is 5.75 Å². The molecule has 1 aromatic carbocycles. The lowest BCUT2D eigenvalue weighted by Gasteiger charge is -2.07. The predicted octanol–water partition coefficient (Wildman–Crippen LogP) is 2.04. The van der Waals surface area contributed by atoms with E-state index >= 15 is 0 Å². The summed E-state index contributed by atoms with van der Waals surface area (Å²) < 4.78 is 12.6. The van der Waals surface area contributed by atoms with Crippen LogP contribution in [0.4, 0.5) is 0 Å². The Morgan fingerprint density at radius 2 is 2.27 bits per heavy atom. The van der Waals surface area contributed by atoms with Crippen LogP contribution < -0.4 is 14.8 Å². The van der Waals surface area contributed by atoms with E-state index in [2.05, 4.69) is 10.3 Å². The fourth-order valence-electron chi connectivity index (χ4n) is 2.11. The number of rotatable bonds is 6. The molecule has 2 aromatic rings. The van der Waals surface area contributed by atoms with Gasteiger partial charge < -0.3 is 19.4 Å². The summed E-state index contributed by atoms with van der Waals surface area (Å²) in [6.07, 6.45) is 3.66. The number of hydrogen-bond donors (Lipinski definition) is 1. The topological polar surface area (TPSA) is 65.4 Å². The van der Waals surface area contributed by atoms with E-state index in [0.717, 1.165) is 28.8 Å². The molecule has 1 amide bonds. The summed E-state index contributed by atoms with van der Waals surface area (Å²) in [5.41, 5.74) is 0.984. The predicted molar refractivity (Wildman–Crippen MR) is 83.0 cm³/mol. The summed E-state index contributed by atoms with van der Waals surface area (Å²) in [4.78, 5) is 16.2. The Bertz CT molecular complexity index is 672. The SMILES string of the molecule is CCn1ccnc1SCC(=O)NCc1ccc2c(c1)OCO2. The first-order chi connectivity index (χ1) is 10.8. The molecule has 0 saturated heterocycles. The molecule has 0 spiro atoms. The summed E-state index contributed by atoms with van der Waals surface area (Å²) >= 11 is 1.44. The highest BCUT2D eigenvalue weighted by Crippen LogP contribution is 2.32. The van der Waals surface area contributed by atoms with E-state index in [-0.39, 0.29) is 12.7 Å². The largest absolute Gasteiger partial charge is 0.454 e.